The first-order valence-electron chi connectivity index (χ1n) is 6.10. The van der Waals surface area contributed by atoms with Gasteiger partial charge in [0.15, 0.2) is 5.78 Å². The number of hydrogen-bond acceptors (Lipinski definition) is 3. The van der Waals surface area contributed by atoms with Crippen molar-refractivity contribution in [3.8, 4) is 0 Å². The monoisotopic (exact) mass is 248 g/mol. The van der Waals surface area contributed by atoms with Gasteiger partial charge in [-0.2, -0.15) is 0 Å². The van der Waals surface area contributed by atoms with Crippen LogP contribution in [0.4, 0.5) is 0 Å². The molecule has 2 aromatic heterocycles. The molecule has 0 amide bonds. The van der Waals surface area contributed by atoms with Crippen molar-refractivity contribution in [1.29, 1.82) is 0 Å². The fourth-order valence-corrected chi connectivity index (χ4v) is 2.04. The lowest BCUT2D eigenvalue weighted by Gasteiger charge is -2.03. The summed E-state index contributed by atoms with van der Waals surface area (Å²) in [7, 11) is 0. The molecule has 1 aromatic carbocycles. The molecule has 0 saturated heterocycles. The molecular weight excluding hydrogens is 236 g/mol. The molecule has 0 atom stereocenters. The molecule has 2 heterocycles. The van der Waals surface area contributed by atoms with E-state index in [4.69, 9.17) is 0 Å². The summed E-state index contributed by atoms with van der Waals surface area (Å²) in [6.45, 7) is 0. The summed E-state index contributed by atoms with van der Waals surface area (Å²) >= 11 is 0. The van der Waals surface area contributed by atoms with Gasteiger partial charge in [0.25, 0.3) is 0 Å². The molecule has 0 unspecified atom stereocenters. The highest BCUT2D eigenvalue weighted by molar-refractivity contribution is 6.00. The van der Waals surface area contributed by atoms with Gasteiger partial charge < -0.3 is 0 Å². The molecule has 0 spiro atoms. The normalized spacial score (nSPS) is 10.5. The zero-order valence-corrected chi connectivity index (χ0v) is 10.3. The maximum atomic E-state index is 12.2. The van der Waals surface area contributed by atoms with Crippen molar-refractivity contribution in [1.82, 2.24) is 9.97 Å². The van der Waals surface area contributed by atoms with Crippen LogP contribution in [0.25, 0.3) is 10.9 Å². The third-order valence-electron chi connectivity index (χ3n) is 3.01. The van der Waals surface area contributed by atoms with Crippen LogP contribution in [0.15, 0.2) is 61.1 Å². The predicted octanol–water partition coefficient (Wildman–Crippen LogP) is 3.06. The van der Waals surface area contributed by atoms with Gasteiger partial charge in [-0.1, -0.05) is 12.1 Å². The maximum absolute atomic E-state index is 12.2. The van der Waals surface area contributed by atoms with Gasteiger partial charge in [-0.3, -0.25) is 14.8 Å². The molecule has 3 rings (SSSR count). The Bertz CT molecular complexity index is 723. The summed E-state index contributed by atoms with van der Waals surface area (Å²) in [6, 6.07) is 13.2. The number of carbonyl (C=O) groups excluding carboxylic acids is 1. The lowest BCUT2D eigenvalue weighted by atomic mass is 10.0. The number of Topliss-reactive ketones (excluding diaryl/α,β-unsaturated/α-hetero) is 1. The van der Waals surface area contributed by atoms with Crippen molar-refractivity contribution in [2.75, 3.05) is 0 Å². The van der Waals surface area contributed by atoms with Gasteiger partial charge in [0.1, 0.15) is 0 Å². The van der Waals surface area contributed by atoms with E-state index in [0.717, 1.165) is 16.5 Å². The van der Waals surface area contributed by atoms with Gasteiger partial charge in [0.2, 0.25) is 0 Å². The topological polar surface area (TPSA) is 42.9 Å². The number of pyridine rings is 2. The number of aromatic nitrogens is 2. The summed E-state index contributed by atoms with van der Waals surface area (Å²) in [6.07, 6.45) is 5.55. The van der Waals surface area contributed by atoms with Crippen molar-refractivity contribution in [3.63, 3.8) is 0 Å². The first-order valence-corrected chi connectivity index (χ1v) is 6.10. The van der Waals surface area contributed by atoms with E-state index in [1.807, 2.05) is 42.5 Å². The van der Waals surface area contributed by atoms with E-state index in [9.17, 15) is 4.79 Å². The quantitative estimate of drug-likeness (QED) is 0.669. The van der Waals surface area contributed by atoms with Crippen LogP contribution in [0.5, 0.6) is 0 Å². The molecule has 0 aliphatic rings. The van der Waals surface area contributed by atoms with Gasteiger partial charge in [0, 0.05) is 36.0 Å². The molecule has 0 aliphatic carbocycles. The summed E-state index contributed by atoms with van der Waals surface area (Å²) in [4.78, 5) is 20.5. The van der Waals surface area contributed by atoms with Gasteiger partial charge in [0.05, 0.1) is 5.52 Å². The van der Waals surface area contributed by atoms with Crippen LogP contribution < -0.4 is 0 Å². The molecule has 0 fully saturated rings. The Morgan fingerprint density at radius 1 is 1.05 bits per heavy atom. The highest BCUT2D eigenvalue weighted by atomic mass is 16.1. The number of ketones is 1. The minimum absolute atomic E-state index is 0.0961. The number of benzene rings is 1. The average molecular weight is 248 g/mol. The van der Waals surface area contributed by atoms with Gasteiger partial charge in [-0.25, -0.2) is 0 Å². The van der Waals surface area contributed by atoms with Gasteiger partial charge >= 0.3 is 0 Å². The van der Waals surface area contributed by atoms with E-state index in [1.54, 1.807) is 18.6 Å². The van der Waals surface area contributed by atoms with Crippen LogP contribution in [-0.4, -0.2) is 15.8 Å². The Balaban J connectivity index is 1.89. The van der Waals surface area contributed by atoms with E-state index in [2.05, 4.69) is 9.97 Å². The van der Waals surface area contributed by atoms with Crippen LogP contribution in [-0.2, 0) is 6.42 Å². The first-order chi connectivity index (χ1) is 9.33. The molecule has 3 nitrogen and oxygen atoms in total. The lowest BCUT2D eigenvalue weighted by Crippen LogP contribution is -2.03. The first kappa shape index (κ1) is 11.5. The van der Waals surface area contributed by atoms with Crippen molar-refractivity contribution in [2.24, 2.45) is 0 Å². The summed E-state index contributed by atoms with van der Waals surface area (Å²) < 4.78 is 0. The van der Waals surface area contributed by atoms with Crippen molar-refractivity contribution < 1.29 is 4.79 Å². The lowest BCUT2D eigenvalue weighted by molar-refractivity contribution is 0.0993. The molecule has 19 heavy (non-hydrogen) atoms. The smallest absolute Gasteiger partial charge is 0.167 e. The zero-order valence-electron chi connectivity index (χ0n) is 10.3. The Kier molecular flexibility index (Phi) is 3.02. The third kappa shape index (κ3) is 2.50. The molecule has 0 bridgehead atoms. The van der Waals surface area contributed by atoms with E-state index < -0.39 is 0 Å². The minimum Gasteiger partial charge on any atom is -0.294 e. The zero-order chi connectivity index (χ0) is 13.1. The van der Waals surface area contributed by atoms with Crippen LogP contribution in [0, 0.1) is 0 Å². The Labute approximate surface area is 111 Å². The number of fused-ring (bicyclic) bond motifs is 1. The van der Waals surface area contributed by atoms with Crippen LogP contribution in [0.3, 0.4) is 0 Å². The second kappa shape index (κ2) is 4.98. The summed E-state index contributed by atoms with van der Waals surface area (Å²) in [5.74, 6) is 0.0961. The molecule has 92 valence electrons. The highest BCUT2D eigenvalue weighted by Gasteiger charge is 2.08. The van der Waals surface area contributed by atoms with Crippen LogP contribution in [0.1, 0.15) is 15.9 Å². The fourth-order valence-electron chi connectivity index (χ4n) is 2.04. The van der Waals surface area contributed by atoms with Crippen molar-refractivity contribution in [2.45, 2.75) is 6.42 Å². The molecule has 3 heteroatoms. The third-order valence-corrected chi connectivity index (χ3v) is 3.01. The second-order valence-corrected chi connectivity index (χ2v) is 4.37. The molecular formula is C16H12N2O. The van der Waals surface area contributed by atoms with E-state index in [0.29, 0.717) is 12.0 Å². The molecule has 0 radical (unpaired) electrons. The van der Waals surface area contributed by atoms with E-state index in [1.165, 1.54) is 0 Å². The van der Waals surface area contributed by atoms with Gasteiger partial charge in [-0.05, 0) is 35.9 Å². The number of carbonyl (C=O) groups is 1. The second-order valence-electron chi connectivity index (χ2n) is 4.37. The van der Waals surface area contributed by atoms with E-state index in [-0.39, 0.29) is 5.78 Å². The Morgan fingerprint density at radius 2 is 1.95 bits per heavy atom. The Hall–Kier alpha value is -2.55. The standard InChI is InChI=1S/C16H12N2O/c19-16(9-12-3-1-7-17-11-12)14-5-6-15-13(10-14)4-2-8-18-15/h1-8,10-11H,9H2. The van der Waals surface area contributed by atoms with Crippen molar-refractivity contribution in [3.05, 3.63) is 72.2 Å². The SMILES string of the molecule is O=C(Cc1cccnc1)c1ccc2ncccc2c1. The summed E-state index contributed by atoms with van der Waals surface area (Å²) in [5.41, 5.74) is 2.54. The van der Waals surface area contributed by atoms with E-state index >= 15 is 0 Å². The fraction of sp³-hybridized carbons (Fsp3) is 0.0625. The van der Waals surface area contributed by atoms with Gasteiger partial charge in [-0.15, -0.1) is 0 Å². The van der Waals surface area contributed by atoms with Crippen molar-refractivity contribution >= 4 is 16.7 Å². The van der Waals surface area contributed by atoms with Crippen LogP contribution >= 0.6 is 0 Å². The maximum Gasteiger partial charge on any atom is 0.167 e. The Morgan fingerprint density at radius 3 is 2.79 bits per heavy atom. The molecule has 3 aromatic rings. The summed E-state index contributed by atoms with van der Waals surface area (Å²) in [5, 5.41) is 0.986. The molecule has 0 N–H and O–H groups in total. The predicted molar refractivity (Wildman–Crippen MR) is 74.0 cm³/mol. The number of hydrogen-bond donors (Lipinski definition) is 0. The molecule has 0 saturated carbocycles. The molecule has 0 aliphatic heterocycles. The number of rotatable bonds is 3. The largest absolute Gasteiger partial charge is 0.294 e. The minimum atomic E-state index is 0.0961. The number of nitrogens with zero attached hydrogens (tertiary/aromatic N) is 2. The highest BCUT2D eigenvalue weighted by Crippen LogP contribution is 2.15. The van der Waals surface area contributed by atoms with Crippen LogP contribution in [0.2, 0.25) is 0 Å². The average Bonchev–Trinajstić information content (AvgIpc) is 2.48.